The molecule has 90 valence electrons. The molecule has 1 amide bonds. The number of hydrogen-bond acceptors (Lipinski definition) is 5. The lowest BCUT2D eigenvalue weighted by molar-refractivity contribution is 0.0941. The Labute approximate surface area is 103 Å². The molecule has 0 fully saturated rings. The summed E-state index contributed by atoms with van der Waals surface area (Å²) >= 11 is 1.18. The number of carbonyl (C=O) groups is 1. The van der Waals surface area contributed by atoms with Crippen molar-refractivity contribution in [3.8, 4) is 0 Å². The van der Waals surface area contributed by atoms with Crippen LogP contribution in [0.25, 0.3) is 0 Å². The van der Waals surface area contributed by atoms with E-state index in [1.54, 1.807) is 16.9 Å². The SMILES string of the molecule is CCn1ncnc1C(C)NC(=O)c1ccns1. The topological polar surface area (TPSA) is 72.7 Å². The first kappa shape index (κ1) is 11.7. The van der Waals surface area contributed by atoms with Gasteiger partial charge in [-0.15, -0.1) is 0 Å². The van der Waals surface area contributed by atoms with E-state index in [-0.39, 0.29) is 11.9 Å². The molecule has 0 aliphatic rings. The van der Waals surface area contributed by atoms with Crippen molar-refractivity contribution in [1.82, 2.24) is 24.5 Å². The molecule has 0 radical (unpaired) electrons. The van der Waals surface area contributed by atoms with Crippen molar-refractivity contribution < 1.29 is 4.79 Å². The Morgan fingerprint density at radius 1 is 1.65 bits per heavy atom. The van der Waals surface area contributed by atoms with Crippen LogP contribution in [0, 0.1) is 0 Å². The average molecular weight is 251 g/mol. The fourth-order valence-corrected chi connectivity index (χ4v) is 2.02. The molecule has 2 aromatic heterocycles. The summed E-state index contributed by atoms with van der Waals surface area (Å²) < 4.78 is 5.66. The van der Waals surface area contributed by atoms with Crippen LogP contribution in [0.15, 0.2) is 18.6 Å². The zero-order chi connectivity index (χ0) is 12.3. The Kier molecular flexibility index (Phi) is 3.48. The van der Waals surface area contributed by atoms with E-state index in [1.807, 2.05) is 13.8 Å². The lowest BCUT2D eigenvalue weighted by Crippen LogP contribution is -2.28. The lowest BCUT2D eigenvalue weighted by atomic mass is 10.3. The number of aryl methyl sites for hydroxylation is 1. The van der Waals surface area contributed by atoms with Crippen LogP contribution in [0.1, 0.15) is 35.4 Å². The van der Waals surface area contributed by atoms with Gasteiger partial charge in [0, 0.05) is 12.7 Å². The van der Waals surface area contributed by atoms with Crippen LogP contribution < -0.4 is 5.32 Å². The highest BCUT2D eigenvalue weighted by Gasteiger charge is 2.16. The van der Waals surface area contributed by atoms with Gasteiger partial charge in [-0.3, -0.25) is 4.79 Å². The summed E-state index contributed by atoms with van der Waals surface area (Å²) in [5.41, 5.74) is 0. The van der Waals surface area contributed by atoms with Crippen LogP contribution in [0.2, 0.25) is 0 Å². The summed E-state index contributed by atoms with van der Waals surface area (Å²) in [6.45, 7) is 4.60. The Morgan fingerprint density at radius 2 is 2.47 bits per heavy atom. The van der Waals surface area contributed by atoms with Crippen LogP contribution in [0.4, 0.5) is 0 Å². The maximum absolute atomic E-state index is 11.8. The summed E-state index contributed by atoms with van der Waals surface area (Å²) in [5, 5.41) is 6.94. The smallest absolute Gasteiger partial charge is 0.263 e. The van der Waals surface area contributed by atoms with Gasteiger partial charge in [0.25, 0.3) is 5.91 Å². The largest absolute Gasteiger partial charge is 0.342 e. The standard InChI is InChI=1S/C10H13N5OS/c1-3-15-9(11-6-12-15)7(2)14-10(16)8-4-5-13-17-8/h4-7H,3H2,1-2H3,(H,14,16). The predicted octanol–water partition coefficient (Wildman–Crippen LogP) is 1.25. The van der Waals surface area contributed by atoms with E-state index in [2.05, 4.69) is 19.8 Å². The fraction of sp³-hybridized carbons (Fsp3) is 0.400. The van der Waals surface area contributed by atoms with Crippen molar-refractivity contribution in [3.63, 3.8) is 0 Å². The minimum atomic E-state index is -0.174. The molecule has 17 heavy (non-hydrogen) atoms. The zero-order valence-corrected chi connectivity index (χ0v) is 10.4. The average Bonchev–Trinajstić information content (AvgIpc) is 2.99. The van der Waals surface area contributed by atoms with Gasteiger partial charge in [-0.25, -0.2) is 14.0 Å². The minimum absolute atomic E-state index is 0.134. The molecular weight excluding hydrogens is 238 g/mol. The van der Waals surface area contributed by atoms with Crippen molar-refractivity contribution >= 4 is 17.4 Å². The predicted molar refractivity (Wildman–Crippen MR) is 63.7 cm³/mol. The van der Waals surface area contributed by atoms with E-state index in [1.165, 1.54) is 17.9 Å². The van der Waals surface area contributed by atoms with Crippen molar-refractivity contribution in [2.45, 2.75) is 26.4 Å². The quantitative estimate of drug-likeness (QED) is 0.887. The fourth-order valence-electron chi connectivity index (χ4n) is 1.52. The number of hydrogen-bond donors (Lipinski definition) is 1. The highest BCUT2D eigenvalue weighted by atomic mass is 32.1. The van der Waals surface area contributed by atoms with Gasteiger partial charge in [0.2, 0.25) is 0 Å². The third kappa shape index (κ3) is 2.50. The molecular formula is C10H13N5OS. The number of carbonyl (C=O) groups excluding carboxylic acids is 1. The summed E-state index contributed by atoms with van der Waals surface area (Å²) in [7, 11) is 0. The molecule has 6 nitrogen and oxygen atoms in total. The van der Waals surface area contributed by atoms with Crippen molar-refractivity contribution in [2.75, 3.05) is 0 Å². The molecule has 0 spiro atoms. The summed E-state index contributed by atoms with van der Waals surface area (Å²) in [6.07, 6.45) is 3.10. The number of rotatable bonds is 4. The molecule has 0 saturated carbocycles. The Balaban J connectivity index is 2.07. The number of amides is 1. The number of nitrogens with zero attached hydrogens (tertiary/aromatic N) is 4. The van der Waals surface area contributed by atoms with E-state index < -0.39 is 0 Å². The monoisotopic (exact) mass is 251 g/mol. The minimum Gasteiger partial charge on any atom is -0.342 e. The van der Waals surface area contributed by atoms with Gasteiger partial charge in [0.1, 0.15) is 17.0 Å². The summed E-state index contributed by atoms with van der Waals surface area (Å²) in [6, 6.07) is 1.52. The second-order valence-electron chi connectivity index (χ2n) is 3.51. The van der Waals surface area contributed by atoms with Gasteiger partial charge in [0.05, 0.1) is 6.04 Å². The summed E-state index contributed by atoms with van der Waals surface area (Å²) in [5.74, 6) is 0.621. The van der Waals surface area contributed by atoms with Gasteiger partial charge in [-0.2, -0.15) is 5.10 Å². The van der Waals surface area contributed by atoms with Crippen molar-refractivity contribution in [3.05, 3.63) is 29.3 Å². The molecule has 0 aliphatic carbocycles. The van der Waals surface area contributed by atoms with Crippen molar-refractivity contribution in [2.24, 2.45) is 0 Å². The molecule has 7 heteroatoms. The van der Waals surface area contributed by atoms with Gasteiger partial charge in [0.15, 0.2) is 0 Å². The normalized spacial score (nSPS) is 12.4. The molecule has 1 atom stereocenters. The molecule has 2 heterocycles. The molecule has 0 saturated heterocycles. The van der Waals surface area contributed by atoms with Gasteiger partial charge in [-0.05, 0) is 31.4 Å². The van der Waals surface area contributed by atoms with Gasteiger partial charge < -0.3 is 5.32 Å². The molecule has 0 aliphatic heterocycles. The molecule has 1 N–H and O–H groups in total. The number of aromatic nitrogens is 4. The number of nitrogens with one attached hydrogen (secondary N) is 1. The van der Waals surface area contributed by atoms with Crippen LogP contribution >= 0.6 is 11.5 Å². The van der Waals surface area contributed by atoms with Crippen molar-refractivity contribution in [1.29, 1.82) is 0 Å². The Bertz CT molecular complexity index is 493. The maximum atomic E-state index is 11.8. The lowest BCUT2D eigenvalue weighted by Gasteiger charge is -2.12. The summed E-state index contributed by atoms with van der Waals surface area (Å²) in [4.78, 5) is 16.6. The third-order valence-electron chi connectivity index (χ3n) is 2.34. The second kappa shape index (κ2) is 5.05. The van der Waals surface area contributed by atoms with Crippen LogP contribution in [-0.4, -0.2) is 25.0 Å². The van der Waals surface area contributed by atoms with Crippen LogP contribution in [0.5, 0.6) is 0 Å². The van der Waals surface area contributed by atoms with E-state index >= 15 is 0 Å². The van der Waals surface area contributed by atoms with Gasteiger partial charge in [-0.1, -0.05) is 0 Å². The molecule has 2 rings (SSSR count). The zero-order valence-electron chi connectivity index (χ0n) is 9.62. The maximum Gasteiger partial charge on any atom is 0.263 e. The Hall–Kier alpha value is -1.76. The first-order valence-corrected chi connectivity index (χ1v) is 6.09. The molecule has 1 unspecified atom stereocenters. The van der Waals surface area contributed by atoms with Gasteiger partial charge >= 0.3 is 0 Å². The van der Waals surface area contributed by atoms with Crippen LogP contribution in [-0.2, 0) is 6.54 Å². The highest BCUT2D eigenvalue weighted by Crippen LogP contribution is 2.11. The third-order valence-corrected chi connectivity index (χ3v) is 3.09. The van der Waals surface area contributed by atoms with E-state index in [0.717, 1.165) is 12.4 Å². The molecule has 2 aromatic rings. The molecule has 0 aromatic carbocycles. The first-order chi connectivity index (χ1) is 8.22. The molecule has 0 bridgehead atoms. The van der Waals surface area contributed by atoms with E-state index in [0.29, 0.717) is 4.88 Å². The second-order valence-corrected chi connectivity index (χ2v) is 4.34. The van der Waals surface area contributed by atoms with Crippen LogP contribution in [0.3, 0.4) is 0 Å². The van der Waals surface area contributed by atoms with E-state index in [9.17, 15) is 4.79 Å². The first-order valence-electron chi connectivity index (χ1n) is 5.31. The Morgan fingerprint density at radius 3 is 3.12 bits per heavy atom. The highest BCUT2D eigenvalue weighted by molar-refractivity contribution is 7.08. The van der Waals surface area contributed by atoms with E-state index in [4.69, 9.17) is 0 Å².